The van der Waals surface area contributed by atoms with Gasteiger partial charge in [-0.05, 0) is 26.7 Å². The van der Waals surface area contributed by atoms with E-state index < -0.39 is 6.29 Å². The first-order valence-corrected chi connectivity index (χ1v) is 5.64. The van der Waals surface area contributed by atoms with Gasteiger partial charge in [0.25, 0.3) is 0 Å². The number of hydrogen-bond donors (Lipinski definition) is 0. The molecule has 0 spiro atoms. The number of carbonyl (C=O) groups excluding carboxylic acids is 1. The Morgan fingerprint density at radius 2 is 2.07 bits per heavy atom. The highest BCUT2D eigenvalue weighted by atomic mass is 16.7. The highest BCUT2D eigenvalue weighted by Crippen LogP contribution is 2.17. The lowest BCUT2D eigenvalue weighted by atomic mass is 9.97. The molecular weight excluding hydrogens is 196 g/mol. The highest BCUT2D eigenvalue weighted by molar-refractivity contribution is 5.84. The van der Waals surface area contributed by atoms with Crippen LogP contribution in [0, 0.1) is 5.92 Å². The highest BCUT2D eigenvalue weighted by Gasteiger charge is 2.29. The van der Waals surface area contributed by atoms with Crippen LogP contribution < -0.4 is 0 Å². The lowest BCUT2D eigenvalue weighted by molar-refractivity contribution is -0.175. The minimum absolute atomic E-state index is 0.0263. The number of carbonyl (C=O) groups is 1. The summed E-state index contributed by atoms with van der Waals surface area (Å²) in [6.07, 6.45) is 1.13. The summed E-state index contributed by atoms with van der Waals surface area (Å²) in [5.74, 6) is -0.0275. The predicted octanol–water partition coefficient (Wildman–Crippen LogP) is 1.38. The molecule has 15 heavy (non-hydrogen) atoms. The summed E-state index contributed by atoms with van der Waals surface area (Å²) in [6, 6.07) is 0. The van der Waals surface area contributed by atoms with Gasteiger partial charge in [0.1, 0.15) is 0 Å². The number of rotatable bonds is 6. The second-order valence-corrected chi connectivity index (χ2v) is 3.56. The van der Waals surface area contributed by atoms with E-state index in [9.17, 15) is 4.79 Å². The molecule has 0 N–H and O–H groups in total. The molecule has 0 aliphatic carbocycles. The molecule has 4 heteroatoms. The third-order valence-electron chi connectivity index (χ3n) is 2.43. The predicted molar refractivity (Wildman–Crippen MR) is 55.6 cm³/mol. The molecule has 1 atom stereocenters. The molecule has 1 saturated heterocycles. The van der Waals surface area contributed by atoms with Crippen molar-refractivity contribution >= 4 is 5.78 Å². The van der Waals surface area contributed by atoms with Gasteiger partial charge >= 0.3 is 0 Å². The maximum atomic E-state index is 11.9. The molecule has 88 valence electrons. The van der Waals surface area contributed by atoms with Gasteiger partial charge in [0.05, 0.1) is 6.61 Å². The van der Waals surface area contributed by atoms with Crippen molar-refractivity contribution in [3.05, 3.63) is 0 Å². The molecule has 0 amide bonds. The molecule has 0 aromatic carbocycles. The molecule has 0 aromatic rings. The van der Waals surface area contributed by atoms with Crippen molar-refractivity contribution in [1.82, 2.24) is 0 Å². The largest absolute Gasteiger partial charge is 0.381 e. The normalized spacial score (nSPS) is 21.9. The van der Waals surface area contributed by atoms with Crippen molar-refractivity contribution < 1.29 is 19.0 Å². The molecule has 1 aliphatic heterocycles. The molecule has 4 nitrogen and oxygen atoms in total. The number of ketones is 1. The van der Waals surface area contributed by atoms with E-state index in [1.54, 1.807) is 0 Å². The zero-order valence-electron chi connectivity index (χ0n) is 9.53. The van der Waals surface area contributed by atoms with Gasteiger partial charge in [-0.3, -0.25) is 4.79 Å². The first-order valence-electron chi connectivity index (χ1n) is 5.64. The van der Waals surface area contributed by atoms with Crippen LogP contribution in [0.5, 0.6) is 0 Å². The van der Waals surface area contributed by atoms with Crippen LogP contribution in [0.4, 0.5) is 0 Å². The van der Waals surface area contributed by atoms with Crippen LogP contribution >= 0.6 is 0 Å². The Balaban J connectivity index is 2.45. The molecule has 1 aliphatic rings. The third kappa shape index (κ3) is 3.89. The van der Waals surface area contributed by atoms with E-state index in [4.69, 9.17) is 14.2 Å². The smallest absolute Gasteiger partial charge is 0.218 e. The van der Waals surface area contributed by atoms with Crippen LogP contribution in [0.2, 0.25) is 0 Å². The monoisotopic (exact) mass is 216 g/mol. The molecule has 1 unspecified atom stereocenters. The zero-order valence-corrected chi connectivity index (χ0v) is 9.53. The summed E-state index contributed by atoms with van der Waals surface area (Å²) in [6.45, 7) is 5.97. The van der Waals surface area contributed by atoms with Gasteiger partial charge in [0.15, 0.2) is 5.78 Å². The van der Waals surface area contributed by atoms with Crippen LogP contribution in [0.3, 0.4) is 0 Å². The first-order chi connectivity index (χ1) is 7.29. The summed E-state index contributed by atoms with van der Waals surface area (Å²) in [5, 5.41) is 0. The van der Waals surface area contributed by atoms with E-state index in [-0.39, 0.29) is 11.7 Å². The van der Waals surface area contributed by atoms with Gasteiger partial charge in [-0.1, -0.05) is 0 Å². The molecule has 0 bridgehead atoms. The molecule has 1 rings (SSSR count). The summed E-state index contributed by atoms with van der Waals surface area (Å²) >= 11 is 0. The zero-order chi connectivity index (χ0) is 11.1. The Hall–Kier alpha value is -0.450. The van der Waals surface area contributed by atoms with Crippen molar-refractivity contribution in [3.8, 4) is 0 Å². The number of Topliss-reactive ketones (excluding diaryl/α,β-unsaturated/α-hetero) is 1. The molecular formula is C11H20O4. The lowest BCUT2D eigenvalue weighted by Gasteiger charge is -2.25. The Bertz CT molecular complexity index is 181. The summed E-state index contributed by atoms with van der Waals surface area (Å²) in [7, 11) is 0. The SMILES string of the molecule is CCOC(OCC)C(=O)C1CCCOC1. The van der Waals surface area contributed by atoms with Crippen molar-refractivity contribution in [2.75, 3.05) is 26.4 Å². The van der Waals surface area contributed by atoms with Crippen molar-refractivity contribution in [1.29, 1.82) is 0 Å². The van der Waals surface area contributed by atoms with Crippen LogP contribution in [-0.4, -0.2) is 38.5 Å². The Labute approximate surface area is 90.9 Å². The van der Waals surface area contributed by atoms with E-state index in [0.29, 0.717) is 19.8 Å². The average Bonchev–Trinajstić information content (AvgIpc) is 2.29. The van der Waals surface area contributed by atoms with E-state index >= 15 is 0 Å². The average molecular weight is 216 g/mol. The molecule has 0 saturated carbocycles. The Kier molecular flexibility index (Phi) is 5.83. The fourth-order valence-corrected chi connectivity index (χ4v) is 1.67. The molecule has 1 heterocycles. The number of hydrogen-bond acceptors (Lipinski definition) is 4. The minimum Gasteiger partial charge on any atom is -0.381 e. The van der Waals surface area contributed by atoms with E-state index in [1.807, 2.05) is 13.8 Å². The standard InChI is InChI=1S/C11H20O4/c1-3-14-11(15-4-2)10(12)9-6-5-7-13-8-9/h9,11H,3-8H2,1-2H3. The fraction of sp³-hybridized carbons (Fsp3) is 0.909. The van der Waals surface area contributed by atoms with Gasteiger partial charge in [-0.25, -0.2) is 0 Å². The molecule has 0 aromatic heterocycles. The van der Waals surface area contributed by atoms with Crippen LogP contribution in [0.1, 0.15) is 26.7 Å². The van der Waals surface area contributed by atoms with Crippen molar-refractivity contribution in [2.45, 2.75) is 33.0 Å². The van der Waals surface area contributed by atoms with Crippen LogP contribution in [0.15, 0.2) is 0 Å². The lowest BCUT2D eigenvalue weighted by Crippen LogP contribution is -2.37. The van der Waals surface area contributed by atoms with Crippen molar-refractivity contribution in [3.63, 3.8) is 0 Å². The maximum absolute atomic E-state index is 11.9. The summed E-state index contributed by atoms with van der Waals surface area (Å²) < 4.78 is 15.8. The second kappa shape index (κ2) is 6.93. The Morgan fingerprint density at radius 1 is 1.40 bits per heavy atom. The van der Waals surface area contributed by atoms with E-state index in [1.165, 1.54) is 0 Å². The molecule has 0 radical (unpaired) electrons. The van der Waals surface area contributed by atoms with Gasteiger partial charge in [-0.15, -0.1) is 0 Å². The maximum Gasteiger partial charge on any atom is 0.218 e. The third-order valence-corrected chi connectivity index (χ3v) is 2.43. The summed E-state index contributed by atoms with van der Waals surface area (Å²) in [4.78, 5) is 11.9. The van der Waals surface area contributed by atoms with Gasteiger partial charge in [0.2, 0.25) is 6.29 Å². The van der Waals surface area contributed by atoms with Gasteiger partial charge in [0, 0.05) is 25.7 Å². The minimum atomic E-state index is -0.702. The quantitative estimate of drug-likeness (QED) is 0.629. The van der Waals surface area contributed by atoms with Gasteiger partial charge < -0.3 is 14.2 Å². The second-order valence-electron chi connectivity index (χ2n) is 3.56. The fourth-order valence-electron chi connectivity index (χ4n) is 1.67. The Morgan fingerprint density at radius 3 is 2.53 bits per heavy atom. The van der Waals surface area contributed by atoms with E-state index in [2.05, 4.69) is 0 Å². The van der Waals surface area contributed by atoms with Crippen LogP contribution in [0.25, 0.3) is 0 Å². The topological polar surface area (TPSA) is 44.8 Å². The molecule has 1 fully saturated rings. The summed E-state index contributed by atoms with van der Waals surface area (Å²) in [5.41, 5.74) is 0. The first kappa shape index (κ1) is 12.6. The van der Waals surface area contributed by atoms with Gasteiger partial charge in [-0.2, -0.15) is 0 Å². The van der Waals surface area contributed by atoms with Crippen LogP contribution in [-0.2, 0) is 19.0 Å². The van der Waals surface area contributed by atoms with Crippen molar-refractivity contribution in [2.24, 2.45) is 5.92 Å². The van der Waals surface area contributed by atoms with E-state index in [0.717, 1.165) is 19.4 Å². The number of ether oxygens (including phenoxy) is 3.